The number of hydrogen-bond donors (Lipinski definition) is 2. The molecule has 4 nitrogen and oxygen atoms in total. The SMILES string of the molecule is N#Cc1nc(CN)c(C(F)F)cc1CO. The van der Waals surface area contributed by atoms with E-state index in [2.05, 4.69) is 4.98 Å². The number of nitrogens with two attached hydrogens (primary N) is 1. The number of pyridine rings is 1. The zero-order chi connectivity index (χ0) is 11.4. The maximum Gasteiger partial charge on any atom is 0.265 e. The van der Waals surface area contributed by atoms with Crippen molar-refractivity contribution in [1.82, 2.24) is 4.98 Å². The van der Waals surface area contributed by atoms with Crippen LogP contribution in [-0.2, 0) is 13.2 Å². The van der Waals surface area contributed by atoms with E-state index in [-0.39, 0.29) is 29.1 Å². The molecule has 3 N–H and O–H groups in total. The van der Waals surface area contributed by atoms with Gasteiger partial charge in [0.05, 0.1) is 12.3 Å². The van der Waals surface area contributed by atoms with Gasteiger partial charge in [-0.15, -0.1) is 0 Å². The van der Waals surface area contributed by atoms with Crippen LogP contribution in [0.25, 0.3) is 0 Å². The predicted octanol–water partition coefficient (Wildman–Crippen LogP) is 0.842. The molecule has 1 rings (SSSR count). The minimum absolute atomic E-state index is 0.0150. The van der Waals surface area contributed by atoms with Gasteiger partial charge in [-0.2, -0.15) is 5.26 Å². The lowest BCUT2D eigenvalue weighted by atomic mass is 10.1. The molecule has 1 heterocycles. The first-order chi connectivity index (χ1) is 7.13. The summed E-state index contributed by atoms with van der Waals surface area (Å²) in [6.07, 6.45) is -2.71. The van der Waals surface area contributed by atoms with E-state index >= 15 is 0 Å². The van der Waals surface area contributed by atoms with Gasteiger partial charge in [-0.1, -0.05) is 0 Å². The van der Waals surface area contributed by atoms with Gasteiger partial charge < -0.3 is 10.8 Å². The largest absolute Gasteiger partial charge is 0.392 e. The maximum atomic E-state index is 12.5. The van der Waals surface area contributed by atoms with Crippen LogP contribution < -0.4 is 5.73 Å². The summed E-state index contributed by atoms with van der Waals surface area (Å²) in [6, 6.07) is 2.78. The van der Waals surface area contributed by atoms with Gasteiger partial charge in [-0.25, -0.2) is 13.8 Å². The summed E-state index contributed by atoms with van der Waals surface area (Å²) in [5.41, 5.74) is 4.91. The fraction of sp³-hybridized carbons (Fsp3) is 0.333. The van der Waals surface area contributed by atoms with Crippen molar-refractivity contribution in [3.05, 3.63) is 28.6 Å². The third-order valence-corrected chi connectivity index (χ3v) is 1.92. The first kappa shape index (κ1) is 11.5. The number of hydrogen-bond acceptors (Lipinski definition) is 4. The zero-order valence-corrected chi connectivity index (χ0v) is 7.74. The minimum Gasteiger partial charge on any atom is -0.392 e. The molecule has 15 heavy (non-hydrogen) atoms. The number of nitrogens with zero attached hydrogens (tertiary/aromatic N) is 2. The monoisotopic (exact) mass is 213 g/mol. The predicted molar refractivity (Wildman–Crippen MR) is 47.7 cm³/mol. The van der Waals surface area contributed by atoms with Crippen LogP contribution in [0, 0.1) is 11.3 Å². The molecule has 6 heteroatoms. The lowest BCUT2D eigenvalue weighted by molar-refractivity contribution is 0.149. The van der Waals surface area contributed by atoms with Crippen LogP contribution in [0.3, 0.4) is 0 Å². The van der Waals surface area contributed by atoms with Crippen molar-refractivity contribution in [2.24, 2.45) is 5.73 Å². The molecule has 0 saturated carbocycles. The van der Waals surface area contributed by atoms with Crippen molar-refractivity contribution >= 4 is 0 Å². The highest BCUT2D eigenvalue weighted by atomic mass is 19.3. The smallest absolute Gasteiger partial charge is 0.265 e. The molecule has 80 valence electrons. The second-order valence-corrected chi connectivity index (χ2v) is 2.81. The number of aliphatic hydroxyl groups is 1. The van der Waals surface area contributed by atoms with Gasteiger partial charge in [0.2, 0.25) is 0 Å². The van der Waals surface area contributed by atoms with E-state index in [0.29, 0.717) is 0 Å². The summed E-state index contributed by atoms with van der Waals surface area (Å²) >= 11 is 0. The van der Waals surface area contributed by atoms with Gasteiger partial charge in [0.25, 0.3) is 6.43 Å². The number of aromatic nitrogens is 1. The summed E-state index contributed by atoms with van der Waals surface area (Å²) in [4.78, 5) is 3.68. The first-order valence-corrected chi connectivity index (χ1v) is 4.15. The first-order valence-electron chi connectivity index (χ1n) is 4.15. The molecule has 0 unspecified atom stereocenters. The zero-order valence-electron chi connectivity index (χ0n) is 7.74. The Hall–Kier alpha value is -1.58. The Morgan fingerprint density at radius 3 is 2.67 bits per heavy atom. The molecule has 0 amide bonds. The van der Waals surface area contributed by atoms with E-state index in [1.807, 2.05) is 0 Å². The lowest BCUT2D eigenvalue weighted by Crippen LogP contribution is -2.09. The van der Waals surface area contributed by atoms with E-state index in [1.54, 1.807) is 6.07 Å². The molecule has 0 radical (unpaired) electrons. The Labute approximate surface area is 85.0 Å². The van der Waals surface area contributed by atoms with Crippen molar-refractivity contribution in [3.8, 4) is 6.07 Å². The van der Waals surface area contributed by atoms with Crippen LogP contribution in [-0.4, -0.2) is 10.1 Å². The standard InChI is InChI=1S/C9H9F2N3O/c10-9(11)6-1-5(4-15)7(2-12)14-8(6)3-13/h1,9,15H,3-4,13H2. The number of alkyl halides is 2. The second-order valence-electron chi connectivity index (χ2n) is 2.81. The van der Waals surface area contributed by atoms with E-state index in [0.717, 1.165) is 6.07 Å². The summed E-state index contributed by atoms with van der Waals surface area (Å²) in [5.74, 6) is 0. The van der Waals surface area contributed by atoms with Crippen LogP contribution in [0.15, 0.2) is 6.07 Å². The average Bonchev–Trinajstić information content (AvgIpc) is 2.26. The van der Waals surface area contributed by atoms with Gasteiger partial charge in [0.15, 0.2) is 0 Å². The van der Waals surface area contributed by atoms with Gasteiger partial charge in [0.1, 0.15) is 11.8 Å². The van der Waals surface area contributed by atoms with Gasteiger partial charge in [-0.05, 0) is 6.07 Å². The Kier molecular flexibility index (Phi) is 3.66. The lowest BCUT2D eigenvalue weighted by Gasteiger charge is -2.09. The molecule has 0 saturated heterocycles. The molecule has 0 spiro atoms. The highest BCUT2D eigenvalue weighted by molar-refractivity contribution is 5.37. The number of aliphatic hydroxyl groups excluding tert-OH is 1. The quantitative estimate of drug-likeness (QED) is 0.779. The summed E-state index contributed by atoms with van der Waals surface area (Å²) < 4.78 is 25.0. The van der Waals surface area contributed by atoms with Crippen molar-refractivity contribution in [3.63, 3.8) is 0 Å². The highest BCUT2D eigenvalue weighted by Gasteiger charge is 2.17. The Morgan fingerprint density at radius 2 is 2.27 bits per heavy atom. The molecule has 0 atom stereocenters. The molecule has 1 aromatic rings. The normalized spacial score (nSPS) is 10.4. The number of rotatable bonds is 3. The van der Waals surface area contributed by atoms with E-state index in [4.69, 9.17) is 16.1 Å². The van der Waals surface area contributed by atoms with Gasteiger partial charge in [0, 0.05) is 17.7 Å². The number of halogens is 2. The third-order valence-electron chi connectivity index (χ3n) is 1.92. The second kappa shape index (κ2) is 4.77. The molecule has 1 aromatic heterocycles. The molecular formula is C9H9F2N3O. The van der Waals surface area contributed by atoms with Crippen molar-refractivity contribution in [2.45, 2.75) is 19.6 Å². The van der Waals surface area contributed by atoms with E-state index in [9.17, 15) is 8.78 Å². The van der Waals surface area contributed by atoms with Gasteiger partial charge >= 0.3 is 0 Å². The van der Waals surface area contributed by atoms with Crippen molar-refractivity contribution in [1.29, 1.82) is 5.26 Å². The van der Waals surface area contributed by atoms with Crippen LogP contribution >= 0.6 is 0 Å². The topological polar surface area (TPSA) is 82.9 Å². The van der Waals surface area contributed by atoms with Crippen molar-refractivity contribution < 1.29 is 13.9 Å². The number of nitriles is 1. The van der Waals surface area contributed by atoms with Crippen LogP contribution in [0.1, 0.15) is 28.9 Å². The maximum absolute atomic E-state index is 12.5. The Bertz CT molecular complexity index is 401. The Balaban J connectivity index is 3.36. The molecule has 0 aromatic carbocycles. The van der Waals surface area contributed by atoms with Crippen LogP contribution in [0.5, 0.6) is 0 Å². The molecule has 0 fully saturated rings. The third kappa shape index (κ3) is 2.26. The van der Waals surface area contributed by atoms with Crippen molar-refractivity contribution in [2.75, 3.05) is 0 Å². The molecule has 0 aliphatic carbocycles. The van der Waals surface area contributed by atoms with E-state index < -0.39 is 13.0 Å². The summed E-state index contributed by atoms with van der Waals surface area (Å²) in [6.45, 7) is -0.666. The summed E-state index contributed by atoms with van der Waals surface area (Å²) in [7, 11) is 0. The fourth-order valence-corrected chi connectivity index (χ4v) is 1.18. The molecule has 0 bridgehead atoms. The minimum atomic E-state index is -2.71. The summed E-state index contributed by atoms with van der Waals surface area (Å²) in [5, 5.41) is 17.5. The molecular weight excluding hydrogens is 204 g/mol. The van der Waals surface area contributed by atoms with Crippen LogP contribution in [0.2, 0.25) is 0 Å². The Morgan fingerprint density at radius 1 is 1.60 bits per heavy atom. The fourth-order valence-electron chi connectivity index (χ4n) is 1.18. The average molecular weight is 213 g/mol. The molecule has 0 aliphatic rings. The highest BCUT2D eigenvalue weighted by Crippen LogP contribution is 2.24. The van der Waals surface area contributed by atoms with Gasteiger partial charge in [-0.3, -0.25) is 0 Å². The van der Waals surface area contributed by atoms with Crippen LogP contribution in [0.4, 0.5) is 8.78 Å². The van der Waals surface area contributed by atoms with E-state index in [1.165, 1.54) is 0 Å². The molecule has 0 aliphatic heterocycles.